The highest BCUT2D eigenvalue weighted by atomic mass is 16.5. The molecule has 5 nitrogen and oxygen atoms in total. The zero-order valence-corrected chi connectivity index (χ0v) is 14.5. The van der Waals surface area contributed by atoms with E-state index in [9.17, 15) is 4.79 Å². The average Bonchev–Trinajstić information content (AvgIpc) is 3.04. The third-order valence-electron chi connectivity index (χ3n) is 4.13. The summed E-state index contributed by atoms with van der Waals surface area (Å²) in [5.74, 6) is 0.761. The topological polar surface area (TPSA) is 48.2 Å². The van der Waals surface area contributed by atoms with E-state index in [0.717, 1.165) is 34.6 Å². The maximum atomic E-state index is 12.7. The molecule has 1 atom stereocenters. The first-order valence-electron chi connectivity index (χ1n) is 8.25. The molecule has 24 heavy (non-hydrogen) atoms. The van der Waals surface area contributed by atoms with Crippen LogP contribution in [0.3, 0.4) is 0 Å². The number of para-hydroxylation sites is 2. The molecule has 0 bridgehead atoms. The Morgan fingerprint density at radius 3 is 2.71 bits per heavy atom. The number of nitrogens with zero attached hydrogens (tertiary/aromatic N) is 2. The molecule has 1 N–H and O–H groups in total. The number of aryl methyl sites for hydroxylation is 1. The summed E-state index contributed by atoms with van der Waals surface area (Å²) in [7, 11) is 1.79. The number of hydrogen-bond acceptors (Lipinski definition) is 3. The molecule has 0 aliphatic carbocycles. The summed E-state index contributed by atoms with van der Waals surface area (Å²) in [5, 5.41) is 3.29. The van der Waals surface area contributed by atoms with Crippen molar-refractivity contribution in [2.24, 2.45) is 7.05 Å². The highest BCUT2D eigenvalue weighted by Gasteiger charge is 2.21. The Kier molecular flexibility index (Phi) is 4.34. The van der Waals surface area contributed by atoms with Crippen molar-refractivity contribution in [2.75, 3.05) is 0 Å². The van der Waals surface area contributed by atoms with Gasteiger partial charge in [-0.15, -0.1) is 0 Å². The molecule has 1 saturated heterocycles. The minimum Gasteiger partial charge on any atom is -0.469 e. The number of rotatable bonds is 3. The zero-order valence-electron chi connectivity index (χ0n) is 14.5. The van der Waals surface area contributed by atoms with E-state index in [0.29, 0.717) is 0 Å². The van der Waals surface area contributed by atoms with Crippen molar-refractivity contribution in [1.82, 2.24) is 14.5 Å². The van der Waals surface area contributed by atoms with Crippen molar-refractivity contribution in [2.45, 2.75) is 33.4 Å². The van der Waals surface area contributed by atoms with Gasteiger partial charge >= 0.3 is 5.69 Å². The summed E-state index contributed by atoms with van der Waals surface area (Å²) in [6.07, 6.45) is 6.78. The first kappa shape index (κ1) is 16.2. The Labute approximate surface area is 141 Å². The van der Waals surface area contributed by atoms with Gasteiger partial charge in [-0.05, 0) is 32.4 Å². The largest absolute Gasteiger partial charge is 0.469 e. The highest BCUT2D eigenvalue weighted by molar-refractivity contribution is 5.81. The number of allylic oxidation sites excluding steroid dienone is 4. The normalized spacial score (nSPS) is 21.5. The van der Waals surface area contributed by atoms with E-state index in [1.165, 1.54) is 0 Å². The van der Waals surface area contributed by atoms with E-state index < -0.39 is 0 Å². The van der Waals surface area contributed by atoms with Crippen molar-refractivity contribution < 1.29 is 4.74 Å². The van der Waals surface area contributed by atoms with Crippen LogP contribution in [0.4, 0.5) is 0 Å². The molecule has 3 rings (SSSR count). The minimum atomic E-state index is -0.0728. The van der Waals surface area contributed by atoms with Crippen LogP contribution in [0.15, 0.2) is 58.7 Å². The van der Waals surface area contributed by atoms with Gasteiger partial charge in [-0.25, -0.2) is 4.79 Å². The summed E-state index contributed by atoms with van der Waals surface area (Å²) < 4.78 is 9.24. The van der Waals surface area contributed by atoms with Crippen LogP contribution in [0.5, 0.6) is 0 Å². The molecule has 0 saturated carbocycles. The van der Waals surface area contributed by atoms with E-state index >= 15 is 0 Å². The molecule has 2 aromatic rings. The smallest absolute Gasteiger partial charge is 0.333 e. The Balaban J connectivity index is 2.15. The van der Waals surface area contributed by atoms with Crippen LogP contribution in [-0.2, 0) is 11.8 Å². The Hall–Kier alpha value is -2.69. The van der Waals surface area contributed by atoms with Crippen molar-refractivity contribution >= 4 is 16.7 Å². The number of imidazole rings is 1. The van der Waals surface area contributed by atoms with E-state index in [1.54, 1.807) is 16.2 Å². The van der Waals surface area contributed by atoms with Crippen molar-refractivity contribution in [1.29, 1.82) is 0 Å². The van der Waals surface area contributed by atoms with Gasteiger partial charge in [0, 0.05) is 13.1 Å². The Morgan fingerprint density at radius 1 is 1.33 bits per heavy atom. The highest BCUT2D eigenvalue weighted by Crippen LogP contribution is 2.24. The van der Waals surface area contributed by atoms with Crippen molar-refractivity contribution in [3.63, 3.8) is 0 Å². The lowest BCUT2D eigenvalue weighted by atomic mass is 10.2. The molecule has 5 heteroatoms. The number of benzene rings is 1. The van der Waals surface area contributed by atoms with Crippen LogP contribution < -0.4 is 11.0 Å². The molecule has 126 valence electrons. The van der Waals surface area contributed by atoms with E-state index in [-0.39, 0.29) is 11.9 Å². The molecular weight excluding hydrogens is 302 g/mol. The van der Waals surface area contributed by atoms with Crippen LogP contribution in [0.2, 0.25) is 0 Å². The molecule has 0 amide bonds. The van der Waals surface area contributed by atoms with Gasteiger partial charge in [-0.1, -0.05) is 31.2 Å². The lowest BCUT2D eigenvalue weighted by Gasteiger charge is -2.06. The quantitative estimate of drug-likeness (QED) is 0.941. The number of nitrogens with one attached hydrogen (secondary N) is 1. The van der Waals surface area contributed by atoms with E-state index in [1.807, 2.05) is 50.3 Å². The van der Waals surface area contributed by atoms with Crippen molar-refractivity contribution in [3.8, 4) is 0 Å². The zero-order chi connectivity index (χ0) is 17.3. The van der Waals surface area contributed by atoms with Gasteiger partial charge in [0.1, 0.15) is 5.76 Å². The number of hydrogen-bond donors (Lipinski definition) is 1. The maximum Gasteiger partial charge on any atom is 0.333 e. The lowest BCUT2D eigenvalue weighted by Crippen LogP contribution is -2.21. The predicted molar refractivity (Wildman–Crippen MR) is 97.3 cm³/mol. The Bertz CT molecular complexity index is 912. The third-order valence-corrected chi connectivity index (χ3v) is 4.13. The van der Waals surface area contributed by atoms with Crippen molar-refractivity contribution in [3.05, 3.63) is 64.4 Å². The van der Waals surface area contributed by atoms with Gasteiger partial charge in [0.15, 0.2) is 6.23 Å². The maximum absolute atomic E-state index is 12.7. The van der Waals surface area contributed by atoms with Crippen LogP contribution in [0.25, 0.3) is 16.7 Å². The van der Waals surface area contributed by atoms with Crippen LogP contribution >= 0.6 is 0 Å². The molecule has 0 spiro atoms. The summed E-state index contributed by atoms with van der Waals surface area (Å²) in [6, 6.07) is 7.79. The van der Waals surface area contributed by atoms with Gasteiger partial charge in [0.05, 0.1) is 22.4 Å². The monoisotopic (exact) mass is 325 g/mol. The van der Waals surface area contributed by atoms with Crippen LogP contribution in [0.1, 0.15) is 27.2 Å². The van der Waals surface area contributed by atoms with Gasteiger partial charge < -0.3 is 10.1 Å². The van der Waals surface area contributed by atoms with Gasteiger partial charge in [-0.3, -0.25) is 9.13 Å². The number of aromatic nitrogens is 2. The molecule has 2 heterocycles. The standard InChI is InChI=1S/C19H23N3O2/c1-5-9-15-18(24-13(3)20-15)12-14(6-2)22-17-11-8-7-10-16(17)21(4)19(22)23/h6-13,20H,5H2,1-4H3/b14-6+,15-9+,18-12+. The molecule has 1 unspecified atom stereocenters. The fourth-order valence-corrected chi connectivity index (χ4v) is 3.00. The lowest BCUT2D eigenvalue weighted by molar-refractivity contribution is 0.164. The second-order valence-electron chi connectivity index (χ2n) is 5.82. The second-order valence-corrected chi connectivity index (χ2v) is 5.82. The summed E-state index contributed by atoms with van der Waals surface area (Å²) in [4.78, 5) is 12.7. The fraction of sp³-hybridized carbons (Fsp3) is 0.316. The first-order chi connectivity index (χ1) is 11.6. The predicted octanol–water partition coefficient (Wildman–Crippen LogP) is 3.34. The molecule has 1 fully saturated rings. The number of ether oxygens (including phenoxy) is 1. The summed E-state index contributed by atoms with van der Waals surface area (Å²) >= 11 is 0. The second kappa shape index (κ2) is 6.43. The van der Waals surface area contributed by atoms with Crippen LogP contribution in [0, 0.1) is 0 Å². The minimum absolute atomic E-state index is 0.0684. The van der Waals surface area contributed by atoms with Gasteiger partial charge in [0.2, 0.25) is 0 Å². The average molecular weight is 325 g/mol. The molecule has 1 aliphatic heterocycles. The SMILES string of the molecule is C\C=C(/C=C1/OC(C)N/C1=C/CC)n1c(=O)n(C)c2ccccc21. The molecule has 1 aromatic heterocycles. The molecule has 1 aromatic carbocycles. The van der Waals surface area contributed by atoms with E-state index in [4.69, 9.17) is 4.74 Å². The van der Waals surface area contributed by atoms with Gasteiger partial charge in [0.25, 0.3) is 0 Å². The molecular formula is C19H23N3O2. The summed E-state index contributed by atoms with van der Waals surface area (Å²) in [5.41, 5.74) is 3.49. The first-order valence-corrected chi connectivity index (χ1v) is 8.25. The third kappa shape index (κ3) is 2.66. The molecule has 0 radical (unpaired) electrons. The summed E-state index contributed by atoms with van der Waals surface area (Å²) in [6.45, 7) is 5.97. The van der Waals surface area contributed by atoms with E-state index in [2.05, 4.69) is 18.3 Å². The van der Waals surface area contributed by atoms with Crippen LogP contribution in [-0.4, -0.2) is 15.4 Å². The Morgan fingerprint density at radius 2 is 2.04 bits per heavy atom. The number of fused-ring (bicyclic) bond motifs is 1. The molecule has 1 aliphatic rings. The fourth-order valence-electron chi connectivity index (χ4n) is 3.00. The van der Waals surface area contributed by atoms with Gasteiger partial charge in [-0.2, -0.15) is 0 Å².